The Morgan fingerprint density at radius 1 is 1.50 bits per heavy atom. The Morgan fingerprint density at radius 2 is 2.20 bits per heavy atom. The fourth-order valence-electron chi connectivity index (χ4n) is 2.49. The van der Waals surface area contributed by atoms with Crippen LogP contribution in [-0.2, 0) is 0 Å². The molecular weight excluding hydrogens is 256 g/mol. The quantitative estimate of drug-likeness (QED) is 0.672. The number of nitrogens with zero attached hydrogens (tertiary/aromatic N) is 3. The van der Waals surface area contributed by atoms with E-state index in [1.807, 2.05) is 6.07 Å². The molecule has 0 spiro atoms. The van der Waals surface area contributed by atoms with Gasteiger partial charge >= 0.3 is 5.69 Å². The average Bonchev–Trinajstić information content (AvgIpc) is 2.46. The van der Waals surface area contributed by atoms with Crippen molar-refractivity contribution in [3.63, 3.8) is 0 Å². The second-order valence-electron chi connectivity index (χ2n) is 5.20. The Labute approximate surface area is 118 Å². The Kier molecular flexibility index (Phi) is 4.53. The van der Waals surface area contributed by atoms with Gasteiger partial charge in [-0.15, -0.1) is 0 Å². The zero-order valence-electron chi connectivity index (χ0n) is 11.5. The van der Waals surface area contributed by atoms with E-state index in [-0.39, 0.29) is 11.3 Å². The van der Waals surface area contributed by atoms with Gasteiger partial charge in [-0.2, -0.15) is 5.26 Å². The third-order valence-electron chi connectivity index (χ3n) is 3.76. The number of nitriles is 1. The molecule has 0 unspecified atom stereocenters. The van der Waals surface area contributed by atoms with Gasteiger partial charge in [0.05, 0.1) is 4.92 Å². The Hall–Kier alpha value is -2.13. The molecule has 1 saturated heterocycles. The van der Waals surface area contributed by atoms with Crippen LogP contribution in [0.4, 0.5) is 11.4 Å². The molecule has 1 aliphatic heterocycles. The Balaban J connectivity index is 2.06. The molecular formula is C14H18N4O2. The number of nitro groups is 1. The van der Waals surface area contributed by atoms with E-state index < -0.39 is 4.92 Å². The molecule has 0 atom stereocenters. The second kappa shape index (κ2) is 6.35. The van der Waals surface area contributed by atoms with Gasteiger partial charge in [0.1, 0.15) is 17.3 Å². The van der Waals surface area contributed by atoms with Crippen molar-refractivity contribution >= 4 is 11.4 Å². The molecule has 0 amide bonds. The minimum atomic E-state index is -0.491. The van der Waals surface area contributed by atoms with E-state index in [4.69, 9.17) is 5.26 Å². The van der Waals surface area contributed by atoms with Crippen molar-refractivity contribution in [3.8, 4) is 6.07 Å². The lowest BCUT2D eigenvalue weighted by Gasteiger charge is -2.29. The van der Waals surface area contributed by atoms with Crippen molar-refractivity contribution in [2.75, 3.05) is 32.0 Å². The Morgan fingerprint density at radius 3 is 2.80 bits per heavy atom. The molecule has 6 nitrogen and oxygen atoms in total. The van der Waals surface area contributed by atoms with Crippen LogP contribution in [0.15, 0.2) is 18.2 Å². The lowest BCUT2D eigenvalue weighted by molar-refractivity contribution is -0.384. The first-order chi connectivity index (χ1) is 9.61. The third-order valence-corrected chi connectivity index (χ3v) is 3.76. The van der Waals surface area contributed by atoms with Crippen LogP contribution >= 0.6 is 0 Å². The highest BCUT2D eigenvalue weighted by Gasteiger charge is 2.21. The first kappa shape index (κ1) is 14.3. The maximum atomic E-state index is 11.1. The number of anilines is 1. The molecule has 1 aliphatic rings. The van der Waals surface area contributed by atoms with Gasteiger partial charge in [0, 0.05) is 6.54 Å². The first-order valence-corrected chi connectivity index (χ1v) is 6.71. The SMILES string of the molecule is CN1CCC(CNc2cccc(C#N)c2[N+](=O)[O-])CC1. The summed E-state index contributed by atoms with van der Waals surface area (Å²) in [5, 5.41) is 23.2. The summed E-state index contributed by atoms with van der Waals surface area (Å²) >= 11 is 0. The molecule has 1 aromatic rings. The highest BCUT2D eigenvalue weighted by atomic mass is 16.6. The molecule has 0 saturated carbocycles. The van der Waals surface area contributed by atoms with Gasteiger partial charge in [0.2, 0.25) is 0 Å². The van der Waals surface area contributed by atoms with E-state index in [0.29, 0.717) is 18.2 Å². The van der Waals surface area contributed by atoms with Gasteiger partial charge in [-0.1, -0.05) is 6.07 Å². The molecule has 1 N–H and O–H groups in total. The van der Waals surface area contributed by atoms with Crippen LogP contribution in [0.2, 0.25) is 0 Å². The highest BCUT2D eigenvalue weighted by molar-refractivity contribution is 5.68. The number of likely N-dealkylation sites (tertiary alicyclic amines) is 1. The summed E-state index contributed by atoms with van der Waals surface area (Å²) in [5.74, 6) is 0.525. The minimum Gasteiger partial charge on any atom is -0.379 e. The number of benzene rings is 1. The molecule has 1 aromatic carbocycles. The second-order valence-corrected chi connectivity index (χ2v) is 5.20. The van der Waals surface area contributed by atoms with Gasteiger partial charge in [-0.05, 0) is 51.0 Å². The smallest absolute Gasteiger partial charge is 0.309 e. The predicted molar refractivity (Wildman–Crippen MR) is 76.5 cm³/mol. The molecule has 1 fully saturated rings. The van der Waals surface area contributed by atoms with Crippen molar-refractivity contribution in [2.45, 2.75) is 12.8 Å². The number of piperidine rings is 1. The third kappa shape index (κ3) is 3.25. The molecule has 106 valence electrons. The molecule has 0 aliphatic carbocycles. The normalized spacial score (nSPS) is 16.6. The van der Waals surface area contributed by atoms with E-state index in [0.717, 1.165) is 25.9 Å². The summed E-state index contributed by atoms with van der Waals surface area (Å²) in [5.41, 5.74) is 0.416. The van der Waals surface area contributed by atoms with Crippen molar-refractivity contribution in [1.29, 1.82) is 5.26 Å². The van der Waals surface area contributed by atoms with Crippen LogP contribution in [0.5, 0.6) is 0 Å². The van der Waals surface area contributed by atoms with Crippen molar-refractivity contribution in [2.24, 2.45) is 5.92 Å². The van der Waals surface area contributed by atoms with Gasteiger partial charge in [-0.25, -0.2) is 0 Å². The summed E-state index contributed by atoms with van der Waals surface area (Å²) in [6, 6.07) is 6.67. The standard InChI is InChI=1S/C14H18N4O2/c1-17-7-5-11(6-8-17)10-16-13-4-2-3-12(9-15)14(13)18(19)20/h2-4,11,16H,5-8,10H2,1H3. The average molecular weight is 274 g/mol. The van der Waals surface area contributed by atoms with E-state index in [2.05, 4.69) is 17.3 Å². The van der Waals surface area contributed by atoms with Crippen LogP contribution in [0, 0.1) is 27.4 Å². The van der Waals surface area contributed by atoms with Crippen LogP contribution < -0.4 is 5.32 Å². The van der Waals surface area contributed by atoms with Crippen LogP contribution in [0.3, 0.4) is 0 Å². The number of hydrogen-bond donors (Lipinski definition) is 1. The zero-order valence-corrected chi connectivity index (χ0v) is 11.5. The minimum absolute atomic E-state index is 0.100. The summed E-state index contributed by atoms with van der Waals surface area (Å²) in [6.45, 7) is 2.84. The maximum Gasteiger partial charge on any atom is 0.309 e. The van der Waals surface area contributed by atoms with Crippen molar-refractivity contribution in [3.05, 3.63) is 33.9 Å². The fourth-order valence-corrected chi connectivity index (χ4v) is 2.49. The van der Waals surface area contributed by atoms with Gasteiger partial charge in [0.25, 0.3) is 0 Å². The van der Waals surface area contributed by atoms with Crippen LogP contribution in [0.1, 0.15) is 18.4 Å². The largest absolute Gasteiger partial charge is 0.379 e. The van der Waals surface area contributed by atoms with E-state index in [9.17, 15) is 10.1 Å². The van der Waals surface area contributed by atoms with Crippen molar-refractivity contribution < 1.29 is 4.92 Å². The summed E-state index contributed by atoms with van der Waals surface area (Å²) in [7, 11) is 2.10. The van der Waals surface area contributed by atoms with E-state index in [1.165, 1.54) is 6.07 Å². The summed E-state index contributed by atoms with van der Waals surface area (Å²) < 4.78 is 0. The number of para-hydroxylation sites is 1. The van der Waals surface area contributed by atoms with Gasteiger partial charge in [0.15, 0.2) is 0 Å². The number of hydrogen-bond acceptors (Lipinski definition) is 5. The maximum absolute atomic E-state index is 11.1. The predicted octanol–water partition coefficient (Wildman–Crippen LogP) is 2.22. The topological polar surface area (TPSA) is 82.2 Å². The molecule has 2 rings (SSSR count). The highest BCUT2D eigenvalue weighted by Crippen LogP contribution is 2.28. The van der Waals surface area contributed by atoms with Crippen molar-refractivity contribution in [1.82, 2.24) is 4.90 Å². The number of rotatable bonds is 4. The first-order valence-electron chi connectivity index (χ1n) is 6.71. The van der Waals surface area contributed by atoms with Gasteiger partial charge in [-0.3, -0.25) is 10.1 Å². The number of nitrogens with one attached hydrogen (secondary N) is 1. The Bertz CT molecular complexity index is 530. The molecule has 0 aromatic heterocycles. The summed E-state index contributed by atoms with van der Waals surface area (Å²) in [6.07, 6.45) is 2.18. The molecule has 1 heterocycles. The molecule has 20 heavy (non-hydrogen) atoms. The summed E-state index contributed by atoms with van der Waals surface area (Å²) in [4.78, 5) is 12.9. The van der Waals surface area contributed by atoms with Crippen LogP contribution in [0.25, 0.3) is 0 Å². The lowest BCUT2D eigenvalue weighted by atomic mass is 9.97. The lowest BCUT2D eigenvalue weighted by Crippen LogP contribution is -2.33. The number of nitro benzene ring substituents is 1. The molecule has 6 heteroatoms. The molecule has 0 radical (unpaired) electrons. The van der Waals surface area contributed by atoms with E-state index >= 15 is 0 Å². The van der Waals surface area contributed by atoms with E-state index in [1.54, 1.807) is 12.1 Å². The van der Waals surface area contributed by atoms with Crippen LogP contribution in [-0.4, -0.2) is 36.5 Å². The monoisotopic (exact) mass is 274 g/mol. The molecule has 0 bridgehead atoms. The fraction of sp³-hybridized carbons (Fsp3) is 0.500. The van der Waals surface area contributed by atoms with Gasteiger partial charge < -0.3 is 10.2 Å². The zero-order chi connectivity index (χ0) is 14.5.